The predicted molar refractivity (Wildman–Crippen MR) is 107 cm³/mol. The van der Waals surface area contributed by atoms with Crippen LogP contribution in [0.25, 0.3) is 6.08 Å². The van der Waals surface area contributed by atoms with Crippen molar-refractivity contribution in [1.29, 1.82) is 0 Å². The number of sulfonamides is 1. The van der Waals surface area contributed by atoms with E-state index in [1.165, 1.54) is 17.4 Å². The van der Waals surface area contributed by atoms with Crippen LogP contribution in [0.1, 0.15) is 18.4 Å². The second-order valence-electron chi connectivity index (χ2n) is 6.49. The third kappa shape index (κ3) is 7.31. The molecular formula is C19H25N3O6S. The minimum Gasteiger partial charge on any atom is -0.455 e. The molecule has 2 N–H and O–H groups in total. The van der Waals surface area contributed by atoms with Crippen LogP contribution in [0.4, 0.5) is 0 Å². The Bertz CT molecular complexity index is 846. The molecule has 1 aliphatic heterocycles. The Morgan fingerprint density at radius 3 is 2.41 bits per heavy atom. The summed E-state index contributed by atoms with van der Waals surface area (Å²) in [5.74, 6) is -1.95. The van der Waals surface area contributed by atoms with E-state index in [9.17, 15) is 22.8 Å². The molecule has 1 saturated heterocycles. The number of ether oxygens (including phenoxy) is 1. The first-order chi connectivity index (χ1) is 13.8. The number of piperidine rings is 1. The van der Waals surface area contributed by atoms with E-state index in [2.05, 4.69) is 10.6 Å². The van der Waals surface area contributed by atoms with Crippen molar-refractivity contribution in [3.8, 4) is 0 Å². The smallest absolute Gasteiger partial charge is 0.309 e. The van der Waals surface area contributed by atoms with Gasteiger partial charge in [0.15, 0.2) is 6.61 Å². The van der Waals surface area contributed by atoms with E-state index in [0.29, 0.717) is 12.8 Å². The third-order valence-corrected chi connectivity index (χ3v) is 6.01. The lowest BCUT2D eigenvalue weighted by atomic mass is 9.98. The van der Waals surface area contributed by atoms with Crippen LogP contribution in [-0.2, 0) is 29.1 Å². The van der Waals surface area contributed by atoms with E-state index < -0.39 is 34.4 Å². The summed E-state index contributed by atoms with van der Waals surface area (Å²) < 4.78 is 31.2. The van der Waals surface area contributed by atoms with E-state index in [1.54, 1.807) is 12.1 Å². The molecule has 1 aromatic rings. The van der Waals surface area contributed by atoms with Gasteiger partial charge in [-0.25, -0.2) is 8.42 Å². The Labute approximate surface area is 170 Å². The van der Waals surface area contributed by atoms with Gasteiger partial charge in [-0.05, 0) is 24.5 Å². The average Bonchev–Trinajstić information content (AvgIpc) is 2.75. The molecule has 1 fully saturated rings. The minimum absolute atomic E-state index is 0.195. The van der Waals surface area contributed by atoms with E-state index in [0.717, 1.165) is 11.0 Å². The lowest BCUT2D eigenvalue weighted by molar-refractivity contribution is -0.153. The number of nitrogens with one attached hydrogen (secondary N) is 2. The normalized spacial score (nSPS) is 15.8. The molecule has 9 nitrogen and oxygen atoms in total. The van der Waals surface area contributed by atoms with Gasteiger partial charge in [0, 0.05) is 25.5 Å². The highest BCUT2D eigenvalue weighted by Gasteiger charge is 2.31. The molecule has 1 heterocycles. The molecule has 0 bridgehead atoms. The van der Waals surface area contributed by atoms with Crippen LogP contribution in [0.3, 0.4) is 0 Å². The maximum Gasteiger partial charge on any atom is 0.309 e. The monoisotopic (exact) mass is 423 g/mol. The van der Waals surface area contributed by atoms with Crippen molar-refractivity contribution in [2.24, 2.45) is 5.92 Å². The van der Waals surface area contributed by atoms with Crippen LogP contribution in [0, 0.1) is 5.92 Å². The van der Waals surface area contributed by atoms with Gasteiger partial charge in [0.1, 0.15) is 0 Å². The van der Waals surface area contributed by atoms with Crippen molar-refractivity contribution in [2.75, 3.05) is 33.3 Å². The van der Waals surface area contributed by atoms with Crippen molar-refractivity contribution in [3.05, 3.63) is 41.3 Å². The first kappa shape index (κ1) is 22.6. The molecule has 29 heavy (non-hydrogen) atoms. The minimum atomic E-state index is -3.58. The van der Waals surface area contributed by atoms with Crippen LogP contribution < -0.4 is 10.6 Å². The van der Waals surface area contributed by atoms with E-state index in [4.69, 9.17) is 4.74 Å². The maximum atomic E-state index is 12.4. The van der Waals surface area contributed by atoms with Gasteiger partial charge in [-0.1, -0.05) is 30.3 Å². The Morgan fingerprint density at radius 1 is 1.14 bits per heavy atom. The summed E-state index contributed by atoms with van der Waals surface area (Å²) in [6.45, 7) is -0.276. The fraction of sp³-hybridized carbons (Fsp3) is 0.421. The van der Waals surface area contributed by atoms with E-state index in [1.807, 2.05) is 18.2 Å². The number of nitrogens with zero attached hydrogens (tertiary/aromatic N) is 1. The van der Waals surface area contributed by atoms with Crippen LogP contribution in [0.2, 0.25) is 0 Å². The topological polar surface area (TPSA) is 122 Å². The van der Waals surface area contributed by atoms with Crippen LogP contribution in [0.15, 0.2) is 35.7 Å². The predicted octanol–water partition coefficient (Wildman–Crippen LogP) is 0.105. The van der Waals surface area contributed by atoms with Crippen molar-refractivity contribution in [1.82, 2.24) is 14.9 Å². The van der Waals surface area contributed by atoms with Crippen molar-refractivity contribution in [3.63, 3.8) is 0 Å². The van der Waals surface area contributed by atoms with Gasteiger partial charge in [-0.15, -0.1) is 0 Å². The molecule has 0 radical (unpaired) electrons. The van der Waals surface area contributed by atoms with Crippen molar-refractivity contribution < 1.29 is 27.5 Å². The van der Waals surface area contributed by atoms with Crippen LogP contribution in [0.5, 0.6) is 0 Å². The highest BCUT2D eigenvalue weighted by molar-refractivity contribution is 7.92. The number of hydrogen-bond donors (Lipinski definition) is 2. The second kappa shape index (κ2) is 10.7. The number of hydrogen-bond acceptors (Lipinski definition) is 6. The number of carbonyl (C=O) groups excluding carboxylic acids is 3. The molecule has 1 aliphatic rings. The van der Waals surface area contributed by atoms with Gasteiger partial charge in [0.2, 0.25) is 15.9 Å². The lowest BCUT2D eigenvalue weighted by Gasteiger charge is -2.29. The molecule has 0 aromatic heterocycles. The molecule has 0 atom stereocenters. The lowest BCUT2D eigenvalue weighted by Crippen LogP contribution is -2.41. The van der Waals surface area contributed by atoms with Crippen molar-refractivity contribution >= 4 is 33.9 Å². The molecule has 0 aliphatic carbocycles. The number of esters is 1. The summed E-state index contributed by atoms with van der Waals surface area (Å²) in [4.78, 5) is 34.7. The summed E-state index contributed by atoms with van der Waals surface area (Å²) in [5.41, 5.74) is 0.782. The summed E-state index contributed by atoms with van der Waals surface area (Å²) in [6, 6.07) is 9.10. The fourth-order valence-electron chi connectivity index (χ4n) is 2.73. The molecule has 2 rings (SSSR count). The summed E-state index contributed by atoms with van der Waals surface area (Å²) in [6.07, 6.45) is 2.17. The molecule has 1 aromatic carbocycles. The average molecular weight is 423 g/mol. The van der Waals surface area contributed by atoms with Gasteiger partial charge in [-0.2, -0.15) is 4.31 Å². The van der Waals surface area contributed by atoms with Gasteiger partial charge in [0.05, 0.1) is 12.5 Å². The molecule has 158 valence electrons. The molecule has 0 saturated carbocycles. The van der Waals surface area contributed by atoms with Gasteiger partial charge in [0.25, 0.3) is 5.91 Å². The van der Waals surface area contributed by atoms with Gasteiger partial charge in [-0.3, -0.25) is 14.4 Å². The van der Waals surface area contributed by atoms with Gasteiger partial charge < -0.3 is 15.4 Å². The fourth-order valence-corrected chi connectivity index (χ4v) is 3.95. The SMILES string of the molecule is CNC(=O)CNC(=O)COC(=O)C1CCN(S(=O)(=O)/C=C/c2ccccc2)CC1. The third-order valence-electron chi connectivity index (χ3n) is 4.45. The summed E-state index contributed by atoms with van der Waals surface area (Å²) in [5, 5.41) is 5.84. The highest BCUT2D eigenvalue weighted by Crippen LogP contribution is 2.22. The number of carbonyl (C=O) groups is 3. The molecular weight excluding hydrogens is 398 g/mol. The Kier molecular flexibility index (Phi) is 8.34. The van der Waals surface area contributed by atoms with E-state index >= 15 is 0 Å². The second-order valence-corrected chi connectivity index (χ2v) is 8.31. The van der Waals surface area contributed by atoms with Gasteiger partial charge >= 0.3 is 5.97 Å². The highest BCUT2D eigenvalue weighted by atomic mass is 32.2. The summed E-state index contributed by atoms with van der Waals surface area (Å²) in [7, 11) is -2.13. The quantitative estimate of drug-likeness (QED) is 0.572. The number of benzene rings is 1. The van der Waals surface area contributed by atoms with Crippen molar-refractivity contribution in [2.45, 2.75) is 12.8 Å². The Hall–Kier alpha value is -2.72. The molecule has 10 heteroatoms. The zero-order valence-corrected chi connectivity index (χ0v) is 17.0. The maximum absolute atomic E-state index is 12.4. The van der Waals surface area contributed by atoms with E-state index in [-0.39, 0.29) is 25.5 Å². The van der Waals surface area contributed by atoms with Crippen LogP contribution >= 0.6 is 0 Å². The first-order valence-corrected chi connectivity index (χ1v) is 10.7. The Morgan fingerprint density at radius 2 is 1.79 bits per heavy atom. The zero-order valence-electron chi connectivity index (χ0n) is 16.2. The van der Waals surface area contributed by atoms with Crippen LogP contribution in [-0.4, -0.2) is 63.8 Å². The summed E-state index contributed by atoms with van der Waals surface area (Å²) >= 11 is 0. The molecule has 0 unspecified atom stereocenters. The first-order valence-electron chi connectivity index (χ1n) is 9.19. The zero-order chi connectivity index (χ0) is 21.3. The molecule has 0 spiro atoms. The number of rotatable bonds is 8. The standard InChI is InChI=1S/C19H25N3O6S/c1-20-17(23)13-21-18(24)14-28-19(25)16-7-10-22(11-8-16)29(26,27)12-9-15-5-3-2-4-6-15/h2-6,9,12,16H,7-8,10-11,13-14H2,1H3,(H,20,23)(H,21,24)/b12-9+. The number of amides is 2. The molecule has 2 amide bonds. The Balaban J connectivity index is 1.77. The number of likely N-dealkylation sites (N-methyl/N-ethyl adjacent to an activating group) is 1. The largest absolute Gasteiger partial charge is 0.455 e.